The number of hydrogen-bond donors (Lipinski definition) is 0. The number of esters is 1. The summed E-state index contributed by atoms with van der Waals surface area (Å²) in [5, 5.41) is 0. The van der Waals surface area contributed by atoms with Gasteiger partial charge in [0.1, 0.15) is 5.75 Å². The maximum absolute atomic E-state index is 12.4. The Morgan fingerprint density at radius 3 is 2.63 bits per heavy atom. The molecule has 0 N–H and O–H groups in total. The van der Waals surface area contributed by atoms with Crippen LogP contribution in [0.5, 0.6) is 5.75 Å². The lowest BCUT2D eigenvalue weighted by Gasteiger charge is -2.24. The van der Waals surface area contributed by atoms with Crippen LogP contribution in [0.3, 0.4) is 0 Å². The molecule has 2 unspecified atom stereocenters. The van der Waals surface area contributed by atoms with Crippen molar-refractivity contribution >= 4 is 5.97 Å². The largest absolute Gasteiger partial charge is 0.494 e. The first-order valence-corrected chi connectivity index (χ1v) is 9.75. The summed E-state index contributed by atoms with van der Waals surface area (Å²) in [6.45, 7) is 5.35. The molecule has 3 heteroatoms. The molecule has 1 saturated carbocycles. The Bertz CT molecular complexity index is 809. The fourth-order valence-corrected chi connectivity index (χ4v) is 4.44. The number of aryl methyl sites for hydroxylation is 1. The highest BCUT2D eigenvalue weighted by Crippen LogP contribution is 2.52. The van der Waals surface area contributed by atoms with Crippen molar-refractivity contribution in [1.29, 1.82) is 0 Å². The molecule has 1 saturated heterocycles. The van der Waals surface area contributed by atoms with Crippen molar-refractivity contribution in [3.63, 3.8) is 0 Å². The predicted octanol–water partition coefficient (Wildman–Crippen LogP) is 4.75. The van der Waals surface area contributed by atoms with Crippen molar-refractivity contribution in [3.05, 3.63) is 77.9 Å². The summed E-state index contributed by atoms with van der Waals surface area (Å²) in [6.07, 6.45) is 4.41. The maximum Gasteiger partial charge on any atom is 0.313 e. The van der Waals surface area contributed by atoms with E-state index in [-0.39, 0.29) is 11.9 Å². The molecule has 2 aromatic carbocycles. The molecule has 0 spiro atoms. The molecule has 0 aromatic heterocycles. The molecular weight excluding hydrogens is 336 g/mol. The fourth-order valence-electron chi connectivity index (χ4n) is 4.44. The highest BCUT2D eigenvalue weighted by molar-refractivity contribution is 5.81. The van der Waals surface area contributed by atoms with Crippen LogP contribution in [0.4, 0.5) is 0 Å². The van der Waals surface area contributed by atoms with Gasteiger partial charge in [0.25, 0.3) is 0 Å². The van der Waals surface area contributed by atoms with Gasteiger partial charge in [0.05, 0.1) is 18.6 Å². The van der Waals surface area contributed by atoms with Gasteiger partial charge in [-0.3, -0.25) is 4.79 Å². The average Bonchev–Trinajstić information content (AvgIpc) is 3.15. The van der Waals surface area contributed by atoms with Gasteiger partial charge in [-0.2, -0.15) is 0 Å². The molecule has 3 nitrogen and oxygen atoms in total. The van der Waals surface area contributed by atoms with Crippen molar-refractivity contribution in [2.75, 3.05) is 13.2 Å². The average molecular weight is 362 g/mol. The van der Waals surface area contributed by atoms with Gasteiger partial charge < -0.3 is 9.47 Å². The topological polar surface area (TPSA) is 35.5 Å². The van der Waals surface area contributed by atoms with Crippen LogP contribution < -0.4 is 4.74 Å². The second-order valence-corrected chi connectivity index (χ2v) is 7.84. The van der Waals surface area contributed by atoms with Crippen LogP contribution >= 0.6 is 0 Å². The van der Waals surface area contributed by atoms with E-state index < -0.39 is 5.41 Å². The maximum atomic E-state index is 12.4. The predicted molar refractivity (Wildman–Crippen MR) is 106 cm³/mol. The zero-order valence-electron chi connectivity index (χ0n) is 15.7. The first-order chi connectivity index (χ1) is 13.2. The van der Waals surface area contributed by atoms with Crippen LogP contribution in [0.15, 0.2) is 66.7 Å². The smallest absolute Gasteiger partial charge is 0.313 e. The molecule has 2 atom stereocenters. The Kier molecular flexibility index (Phi) is 5.02. The van der Waals surface area contributed by atoms with Crippen molar-refractivity contribution in [2.45, 2.75) is 32.1 Å². The molecule has 1 aliphatic carbocycles. The normalized spacial score (nSPS) is 23.9. The van der Waals surface area contributed by atoms with Crippen LogP contribution in [0.1, 0.15) is 30.4 Å². The fraction of sp³-hybridized carbons (Fsp3) is 0.375. The van der Waals surface area contributed by atoms with E-state index in [0.717, 1.165) is 43.4 Å². The van der Waals surface area contributed by atoms with Crippen molar-refractivity contribution in [2.24, 2.45) is 11.3 Å². The van der Waals surface area contributed by atoms with E-state index in [2.05, 4.69) is 43.0 Å². The van der Waals surface area contributed by atoms with E-state index in [4.69, 9.17) is 9.47 Å². The summed E-state index contributed by atoms with van der Waals surface area (Å²) in [6, 6.07) is 18.6. The summed E-state index contributed by atoms with van der Waals surface area (Å²) in [5.41, 5.74) is 3.28. The zero-order chi connectivity index (χ0) is 18.7. The summed E-state index contributed by atoms with van der Waals surface area (Å²) >= 11 is 0. The Hall–Kier alpha value is -2.55. The van der Waals surface area contributed by atoms with E-state index >= 15 is 0 Å². The van der Waals surface area contributed by atoms with Gasteiger partial charge in [-0.1, -0.05) is 54.6 Å². The van der Waals surface area contributed by atoms with Crippen molar-refractivity contribution in [1.82, 2.24) is 0 Å². The number of fused-ring (bicyclic) bond motifs is 1. The van der Waals surface area contributed by atoms with E-state index in [0.29, 0.717) is 13.2 Å². The monoisotopic (exact) mass is 362 g/mol. The zero-order valence-corrected chi connectivity index (χ0v) is 15.7. The second kappa shape index (κ2) is 7.59. The van der Waals surface area contributed by atoms with Crippen LogP contribution in [0.25, 0.3) is 0 Å². The summed E-state index contributed by atoms with van der Waals surface area (Å²) < 4.78 is 11.2. The number of rotatable bonds is 7. The second-order valence-electron chi connectivity index (χ2n) is 7.84. The highest BCUT2D eigenvalue weighted by atomic mass is 16.5. The molecule has 4 rings (SSSR count). The van der Waals surface area contributed by atoms with Gasteiger partial charge in [-0.25, -0.2) is 0 Å². The first-order valence-electron chi connectivity index (χ1n) is 9.75. The lowest BCUT2D eigenvalue weighted by atomic mass is 9.75. The van der Waals surface area contributed by atoms with Gasteiger partial charge >= 0.3 is 5.97 Å². The minimum atomic E-state index is -0.394. The molecule has 2 fully saturated rings. The Morgan fingerprint density at radius 1 is 1.07 bits per heavy atom. The van der Waals surface area contributed by atoms with Crippen molar-refractivity contribution < 1.29 is 14.3 Å². The number of carbonyl (C=O) groups excluding carboxylic acids is 1. The van der Waals surface area contributed by atoms with E-state index in [1.165, 1.54) is 11.1 Å². The van der Waals surface area contributed by atoms with E-state index in [9.17, 15) is 4.79 Å². The van der Waals surface area contributed by atoms with Gasteiger partial charge in [0.15, 0.2) is 0 Å². The molecule has 0 radical (unpaired) electrons. The minimum Gasteiger partial charge on any atom is -0.494 e. The lowest BCUT2D eigenvalue weighted by molar-refractivity contribution is -0.146. The van der Waals surface area contributed by atoms with Gasteiger partial charge in [-0.15, -0.1) is 0 Å². The molecule has 0 amide bonds. The molecule has 2 aromatic rings. The molecule has 27 heavy (non-hydrogen) atoms. The Morgan fingerprint density at radius 2 is 1.85 bits per heavy atom. The molecule has 2 aliphatic rings. The third kappa shape index (κ3) is 3.78. The Labute approximate surface area is 161 Å². The standard InChI is InChI=1S/C24H26O3/c1-18-14-21-17-27-23(25)24(21,15-18)16-20-9-11-22(12-10-20)26-13-5-8-19-6-3-2-4-7-19/h2-4,6-7,9-12,21H,1,5,8,13-17H2. The van der Waals surface area contributed by atoms with Gasteiger partial charge in [0.2, 0.25) is 0 Å². The number of carbonyl (C=O) groups is 1. The SMILES string of the molecule is C=C1CC2COC(=O)C2(Cc2ccc(OCCCc3ccccc3)cc2)C1. The number of cyclic esters (lactones) is 1. The Balaban J connectivity index is 1.31. The molecular formula is C24H26O3. The van der Waals surface area contributed by atoms with E-state index in [1.54, 1.807) is 0 Å². The van der Waals surface area contributed by atoms with Crippen LogP contribution in [0, 0.1) is 11.3 Å². The number of benzene rings is 2. The first kappa shape index (κ1) is 17.8. The van der Waals surface area contributed by atoms with Crippen LogP contribution in [0.2, 0.25) is 0 Å². The van der Waals surface area contributed by atoms with Crippen LogP contribution in [-0.2, 0) is 22.4 Å². The highest BCUT2D eigenvalue weighted by Gasteiger charge is 2.55. The van der Waals surface area contributed by atoms with Crippen molar-refractivity contribution in [3.8, 4) is 5.75 Å². The number of allylic oxidation sites excluding steroid dienone is 1. The number of ether oxygens (including phenoxy) is 2. The number of hydrogen-bond acceptors (Lipinski definition) is 3. The third-order valence-corrected chi connectivity index (χ3v) is 5.87. The third-order valence-electron chi connectivity index (χ3n) is 5.87. The summed E-state index contributed by atoms with van der Waals surface area (Å²) in [7, 11) is 0. The molecule has 140 valence electrons. The molecule has 1 heterocycles. The van der Waals surface area contributed by atoms with Gasteiger partial charge in [-0.05, 0) is 55.4 Å². The van der Waals surface area contributed by atoms with E-state index in [1.807, 2.05) is 18.2 Å². The lowest BCUT2D eigenvalue weighted by Crippen LogP contribution is -2.31. The molecule has 0 bridgehead atoms. The summed E-state index contributed by atoms with van der Waals surface area (Å²) in [4.78, 5) is 12.4. The molecule has 1 aliphatic heterocycles. The van der Waals surface area contributed by atoms with Crippen LogP contribution in [-0.4, -0.2) is 19.2 Å². The summed E-state index contributed by atoms with van der Waals surface area (Å²) in [5.74, 6) is 1.12. The minimum absolute atomic E-state index is 0.0487. The quantitative estimate of drug-likeness (QED) is 0.405. The van der Waals surface area contributed by atoms with Gasteiger partial charge in [0, 0.05) is 5.92 Å².